The number of amides is 1. The van der Waals surface area contributed by atoms with E-state index in [0.717, 1.165) is 17.2 Å². The Balaban J connectivity index is 1.50. The van der Waals surface area contributed by atoms with Gasteiger partial charge in [-0.25, -0.2) is 12.8 Å². The summed E-state index contributed by atoms with van der Waals surface area (Å²) in [5, 5.41) is 2.45. The number of hydrogen-bond donors (Lipinski definition) is 1. The van der Waals surface area contributed by atoms with Crippen LogP contribution in [-0.2, 0) is 24.3 Å². The topological polar surface area (TPSA) is 92.8 Å². The van der Waals surface area contributed by atoms with Crippen molar-refractivity contribution in [1.82, 2.24) is 4.31 Å². The highest BCUT2D eigenvalue weighted by Gasteiger charge is 2.33. The van der Waals surface area contributed by atoms with Gasteiger partial charge >= 0.3 is 5.97 Å². The van der Waals surface area contributed by atoms with E-state index in [1.54, 1.807) is 18.2 Å². The average molecular weight is 449 g/mol. The highest BCUT2D eigenvalue weighted by atomic mass is 32.2. The van der Waals surface area contributed by atoms with E-state index < -0.39 is 40.2 Å². The van der Waals surface area contributed by atoms with Crippen molar-refractivity contribution in [2.24, 2.45) is 5.92 Å². The van der Waals surface area contributed by atoms with Gasteiger partial charge in [0.25, 0.3) is 5.91 Å². The lowest BCUT2D eigenvalue weighted by atomic mass is 9.98. The van der Waals surface area contributed by atoms with Gasteiger partial charge in [-0.3, -0.25) is 9.59 Å². The molecule has 0 atom stereocenters. The highest BCUT2D eigenvalue weighted by Crippen LogP contribution is 2.25. The van der Waals surface area contributed by atoms with Gasteiger partial charge < -0.3 is 10.1 Å². The monoisotopic (exact) mass is 448 g/mol. The van der Waals surface area contributed by atoms with Gasteiger partial charge in [-0.15, -0.1) is 0 Å². The van der Waals surface area contributed by atoms with E-state index in [9.17, 15) is 22.4 Å². The van der Waals surface area contributed by atoms with E-state index in [1.165, 1.54) is 22.5 Å². The molecule has 1 amide bonds. The number of benzene rings is 2. The summed E-state index contributed by atoms with van der Waals surface area (Å²) < 4.78 is 45.3. The van der Waals surface area contributed by atoms with Crippen molar-refractivity contribution in [1.29, 1.82) is 0 Å². The second-order valence-corrected chi connectivity index (χ2v) is 9.53. The standard InChI is InChI=1S/C22H25FN2O5S/c1-15-6-7-20(12-16(15)2)31(28,29)25-10-8-17(9-11-25)22(27)30-14-21(26)24-19-5-3-4-18(23)13-19/h3-7,12-13,17H,8-11,14H2,1-2H3,(H,24,26). The smallest absolute Gasteiger partial charge is 0.309 e. The predicted octanol–water partition coefficient (Wildman–Crippen LogP) is 3.03. The lowest BCUT2D eigenvalue weighted by Gasteiger charge is -2.30. The molecule has 0 saturated carbocycles. The second-order valence-electron chi connectivity index (χ2n) is 7.59. The van der Waals surface area contributed by atoms with Crippen LogP contribution in [0.4, 0.5) is 10.1 Å². The Morgan fingerprint density at radius 2 is 1.81 bits per heavy atom. The van der Waals surface area contributed by atoms with E-state index in [0.29, 0.717) is 12.8 Å². The Hall–Kier alpha value is -2.78. The second kappa shape index (κ2) is 9.57. The maximum absolute atomic E-state index is 13.2. The number of ether oxygens (including phenoxy) is 1. The molecule has 1 aliphatic heterocycles. The molecule has 0 unspecified atom stereocenters. The van der Waals surface area contributed by atoms with E-state index in [-0.39, 0.29) is 23.7 Å². The first kappa shape index (κ1) is 22.9. The van der Waals surface area contributed by atoms with Crippen LogP contribution in [-0.4, -0.2) is 44.3 Å². The highest BCUT2D eigenvalue weighted by molar-refractivity contribution is 7.89. The van der Waals surface area contributed by atoms with Crippen molar-refractivity contribution < 1.29 is 27.1 Å². The summed E-state index contributed by atoms with van der Waals surface area (Å²) in [6.45, 7) is 3.69. The molecule has 2 aromatic rings. The van der Waals surface area contributed by atoms with Gasteiger partial charge in [-0.1, -0.05) is 12.1 Å². The number of carbonyl (C=O) groups excluding carboxylic acids is 2. The summed E-state index contributed by atoms with van der Waals surface area (Å²) in [6, 6.07) is 10.4. The Morgan fingerprint density at radius 3 is 2.45 bits per heavy atom. The molecule has 1 heterocycles. The number of rotatable bonds is 6. The molecule has 31 heavy (non-hydrogen) atoms. The third-order valence-corrected chi connectivity index (χ3v) is 7.25. The fourth-order valence-corrected chi connectivity index (χ4v) is 4.93. The molecule has 0 radical (unpaired) electrons. The first-order valence-corrected chi connectivity index (χ1v) is 11.4. The Morgan fingerprint density at radius 1 is 1.10 bits per heavy atom. The van der Waals surface area contributed by atoms with Gasteiger partial charge in [-0.05, 0) is 68.1 Å². The fourth-order valence-electron chi connectivity index (χ4n) is 3.37. The quantitative estimate of drug-likeness (QED) is 0.686. The summed E-state index contributed by atoms with van der Waals surface area (Å²) in [6.07, 6.45) is 0.628. The number of nitrogens with one attached hydrogen (secondary N) is 1. The van der Waals surface area contributed by atoms with Gasteiger partial charge in [0.1, 0.15) is 5.82 Å². The molecule has 1 fully saturated rings. The van der Waals surface area contributed by atoms with E-state index in [2.05, 4.69) is 5.32 Å². The molecule has 0 aliphatic carbocycles. The van der Waals surface area contributed by atoms with Crippen molar-refractivity contribution in [3.8, 4) is 0 Å². The average Bonchev–Trinajstić information content (AvgIpc) is 2.74. The van der Waals surface area contributed by atoms with Crippen LogP contribution in [0.25, 0.3) is 0 Å². The SMILES string of the molecule is Cc1ccc(S(=O)(=O)N2CCC(C(=O)OCC(=O)Nc3cccc(F)c3)CC2)cc1C. The largest absolute Gasteiger partial charge is 0.455 e. The molecule has 0 bridgehead atoms. The third kappa shape index (κ3) is 5.68. The summed E-state index contributed by atoms with van der Waals surface area (Å²) in [7, 11) is -3.63. The van der Waals surface area contributed by atoms with Gasteiger partial charge in [-0.2, -0.15) is 4.31 Å². The van der Waals surface area contributed by atoms with Gasteiger partial charge in [0, 0.05) is 18.8 Å². The van der Waals surface area contributed by atoms with Crippen molar-refractivity contribution in [2.75, 3.05) is 25.0 Å². The molecule has 0 spiro atoms. The molecular weight excluding hydrogens is 423 g/mol. The van der Waals surface area contributed by atoms with Crippen molar-refractivity contribution in [2.45, 2.75) is 31.6 Å². The van der Waals surface area contributed by atoms with E-state index in [1.807, 2.05) is 13.8 Å². The zero-order chi connectivity index (χ0) is 22.6. The van der Waals surface area contributed by atoms with Crippen molar-refractivity contribution in [3.63, 3.8) is 0 Å². The molecule has 1 saturated heterocycles. The number of sulfonamides is 1. The van der Waals surface area contributed by atoms with Crippen LogP contribution in [0.3, 0.4) is 0 Å². The maximum Gasteiger partial charge on any atom is 0.309 e. The number of esters is 1. The molecule has 7 nitrogen and oxygen atoms in total. The molecule has 3 rings (SSSR count). The van der Waals surface area contributed by atoms with Crippen LogP contribution in [0, 0.1) is 25.6 Å². The number of nitrogens with zero attached hydrogens (tertiary/aromatic N) is 1. The molecule has 166 valence electrons. The van der Waals surface area contributed by atoms with Crippen LogP contribution < -0.4 is 5.32 Å². The van der Waals surface area contributed by atoms with E-state index >= 15 is 0 Å². The predicted molar refractivity (Wildman–Crippen MR) is 113 cm³/mol. The Bertz CT molecular complexity index is 1080. The minimum atomic E-state index is -3.63. The number of halogens is 1. The number of anilines is 1. The lowest BCUT2D eigenvalue weighted by Crippen LogP contribution is -2.41. The van der Waals surface area contributed by atoms with Gasteiger partial charge in [0.15, 0.2) is 6.61 Å². The zero-order valence-electron chi connectivity index (χ0n) is 17.4. The minimum absolute atomic E-state index is 0.199. The minimum Gasteiger partial charge on any atom is -0.455 e. The third-order valence-electron chi connectivity index (χ3n) is 5.36. The molecule has 2 aromatic carbocycles. The first-order valence-electron chi connectivity index (χ1n) is 9.96. The van der Waals surface area contributed by atoms with Gasteiger partial charge in [0.2, 0.25) is 10.0 Å². The molecule has 1 aliphatic rings. The summed E-state index contributed by atoms with van der Waals surface area (Å²) in [5.74, 6) is -2.09. The van der Waals surface area contributed by atoms with Crippen LogP contribution in [0.15, 0.2) is 47.4 Å². The number of aryl methyl sites for hydroxylation is 2. The maximum atomic E-state index is 13.2. The Kier molecular flexibility index (Phi) is 7.07. The summed E-state index contributed by atoms with van der Waals surface area (Å²) in [5.41, 5.74) is 2.18. The van der Waals surface area contributed by atoms with Crippen LogP contribution in [0.2, 0.25) is 0 Å². The first-order chi connectivity index (χ1) is 14.7. The number of piperidine rings is 1. The van der Waals surface area contributed by atoms with Crippen molar-refractivity contribution >= 4 is 27.6 Å². The lowest BCUT2D eigenvalue weighted by molar-refractivity contribution is -0.152. The molecule has 9 heteroatoms. The normalized spacial score (nSPS) is 15.5. The Labute approximate surface area is 181 Å². The summed E-state index contributed by atoms with van der Waals surface area (Å²) in [4.78, 5) is 24.4. The summed E-state index contributed by atoms with van der Waals surface area (Å²) >= 11 is 0. The van der Waals surface area contributed by atoms with Crippen LogP contribution >= 0.6 is 0 Å². The number of hydrogen-bond acceptors (Lipinski definition) is 5. The van der Waals surface area contributed by atoms with Crippen LogP contribution in [0.5, 0.6) is 0 Å². The van der Waals surface area contributed by atoms with Crippen molar-refractivity contribution in [3.05, 3.63) is 59.4 Å². The molecule has 0 aromatic heterocycles. The molecule has 1 N–H and O–H groups in total. The fraction of sp³-hybridized carbons (Fsp3) is 0.364. The molecular formula is C22H25FN2O5S. The van der Waals surface area contributed by atoms with E-state index in [4.69, 9.17) is 4.74 Å². The van der Waals surface area contributed by atoms with Gasteiger partial charge in [0.05, 0.1) is 10.8 Å². The number of carbonyl (C=O) groups is 2. The van der Waals surface area contributed by atoms with Crippen LogP contribution in [0.1, 0.15) is 24.0 Å². The zero-order valence-corrected chi connectivity index (χ0v) is 18.2.